The minimum absolute atomic E-state index is 0.00424. The van der Waals surface area contributed by atoms with Crippen LogP contribution in [0.4, 0.5) is 29.3 Å². The molecule has 4 aromatic rings. The van der Waals surface area contributed by atoms with E-state index in [9.17, 15) is 22.8 Å². The highest BCUT2D eigenvalue weighted by Crippen LogP contribution is 2.30. The quantitative estimate of drug-likeness (QED) is 0.419. The first-order valence-corrected chi connectivity index (χ1v) is 10.1. The Morgan fingerprint density at radius 3 is 2.53 bits per heavy atom. The van der Waals surface area contributed by atoms with Crippen molar-refractivity contribution in [3.63, 3.8) is 0 Å². The Balaban J connectivity index is 1.44. The zero-order chi connectivity index (χ0) is 24.3. The molecule has 2 amide bonds. The highest BCUT2D eigenvalue weighted by atomic mass is 19.4. The van der Waals surface area contributed by atoms with Gasteiger partial charge in [-0.05, 0) is 48.9 Å². The molecule has 7 nitrogen and oxygen atoms in total. The number of carbonyl (C=O) groups excluding carboxylic acids is 1. The molecule has 0 aliphatic rings. The summed E-state index contributed by atoms with van der Waals surface area (Å²) in [5, 5.41) is 4.95. The summed E-state index contributed by atoms with van der Waals surface area (Å²) in [4.78, 5) is 28.9. The maximum Gasteiger partial charge on any atom is 0.416 e. The van der Waals surface area contributed by atoms with Crippen molar-refractivity contribution in [3.8, 4) is 5.75 Å². The molecule has 2 heterocycles. The highest BCUT2D eigenvalue weighted by molar-refractivity contribution is 5.99. The predicted octanol–water partition coefficient (Wildman–Crippen LogP) is 5.24. The fraction of sp³-hybridized carbons (Fsp3) is 0.125. The van der Waals surface area contributed by atoms with Crippen molar-refractivity contribution in [1.82, 2.24) is 9.38 Å². The van der Waals surface area contributed by atoms with Gasteiger partial charge in [0.25, 0.3) is 5.56 Å². The van der Waals surface area contributed by atoms with Crippen LogP contribution in [0.15, 0.2) is 77.7 Å². The van der Waals surface area contributed by atoms with E-state index in [0.717, 1.165) is 17.7 Å². The summed E-state index contributed by atoms with van der Waals surface area (Å²) in [6.45, 7) is 1.84. The average molecular weight is 468 g/mol. The van der Waals surface area contributed by atoms with Crippen molar-refractivity contribution < 1.29 is 22.7 Å². The van der Waals surface area contributed by atoms with E-state index < -0.39 is 17.8 Å². The van der Waals surface area contributed by atoms with Gasteiger partial charge in [0.15, 0.2) is 0 Å². The molecule has 0 fully saturated rings. The van der Waals surface area contributed by atoms with E-state index >= 15 is 0 Å². The molecular formula is C24H19F3N4O3. The Morgan fingerprint density at radius 2 is 1.76 bits per heavy atom. The number of fused-ring (bicyclic) bond motifs is 1. The van der Waals surface area contributed by atoms with E-state index in [1.54, 1.807) is 42.6 Å². The summed E-state index contributed by atoms with van der Waals surface area (Å²) in [6.07, 6.45) is -2.89. The minimum atomic E-state index is -4.51. The van der Waals surface area contributed by atoms with Gasteiger partial charge in [0.1, 0.15) is 18.0 Å². The molecule has 0 bridgehead atoms. The number of benzene rings is 2. The molecule has 174 valence electrons. The number of halogens is 3. The van der Waals surface area contributed by atoms with E-state index in [0.29, 0.717) is 22.8 Å². The normalized spacial score (nSPS) is 11.3. The number of amides is 2. The molecule has 0 spiro atoms. The van der Waals surface area contributed by atoms with Gasteiger partial charge in [-0.3, -0.25) is 9.20 Å². The number of hydrogen-bond donors (Lipinski definition) is 2. The standard InChI is InChI=1S/C24H19F3N4O3/c1-15-8-9-18(30-23(33)29-17-6-4-5-16(11-17)24(25,26)27)12-20(15)34-14-19-13-22(32)31-10-3-2-7-21(31)28-19/h2-13H,14H2,1H3,(H2,29,30,33). The molecule has 2 N–H and O–H groups in total. The van der Waals surface area contributed by atoms with Gasteiger partial charge in [0.2, 0.25) is 0 Å². The van der Waals surface area contributed by atoms with Crippen LogP contribution in [0.3, 0.4) is 0 Å². The summed E-state index contributed by atoms with van der Waals surface area (Å²) in [6, 6.07) is 15.2. The Bertz CT molecular complexity index is 1420. The van der Waals surface area contributed by atoms with Crippen LogP contribution in [0.25, 0.3) is 5.65 Å². The molecule has 2 aromatic carbocycles. The number of urea groups is 1. The molecular weight excluding hydrogens is 449 g/mol. The van der Waals surface area contributed by atoms with Crippen LogP contribution in [0.5, 0.6) is 5.75 Å². The lowest BCUT2D eigenvalue weighted by molar-refractivity contribution is -0.137. The Kier molecular flexibility index (Phi) is 6.22. The van der Waals surface area contributed by atoms with Crippen LogP contribution in [-0.2, 0) is 12.8 Å². The first kappa shape index (κ1) is 22.8. The highest BCUT2D eigenvalue weighted by Gasteiger charge is 2.30. The third-order valence-corrected chi connectivity index (χ3v) is 4.89. The van der Waals surface area contributed by atoms with Crippen molar-refractivity contribution in [2.75, 3.05) is 10.6 Å². The molecule has 0 aliphatic heterocycles. The summed E-state index contributed by atoms with van der Waals surface area (Å²) < 4.78 is 45.8. The van der Waals surface area contributed by atoms with Crippen LogP contribution in [-0.4, -0.2) is 15.4 Å². The van der Waals surface area contributed by atoms with Gasteiger partial charge in [-0.2, -0.15) is 13.2 Å². The monoisotopic (exact) mass is 468 g/mol. The Morgan fingerprint density at radius 1 is 1.00 bits per heavy atom. The van der Waals surface area contributed by atoms with Gasteiger partial charge >= 0.3 is 12.2 Å². The molecule has 0 unspecified atom stereocenters. The molecule has 0 radical (unpaired) electrons. The van der Waals surface area contributed by atoms with E-state index in [4.69, 9.17) is 4.74 Å². The lowest BCUT2D eigenvalue weighted by atomic mass is 10.2. The third-order valence-electron chi connectivity index (χ3n) is 4.89. The van der Waals surface area contributed by atoms with Gasteiger partial charge < -0.3 is 15.4 Å². The average Bonchev–Trinajstić information content (AvgIpc) is 2.79. The van der Waals surface area contributed by atoms with Crippen molar-refractivity contribution in [3.05, 3.63) is 100 Å². The number of ether oxygens (including phenoxy) is 1. The number of aromatic nitrogens is 2. The lowest BCUT2D eigenvalue weighted by Crippen LogP contribution is -2.20. The maximum absolute atomic E-state index is 12.9. The number of hydrogen-bond acceptors (Lipinski definition) is 4. The van der Waals surface area contributed by atoms with Crippen molar-refractivity contribution >= 4 is 23.1 Å². The summed E-state index contributed by atoms with van der Waals surface area (Å²) in [5.41, 5.74) is 0.992. The second-order valence-corrected chi connectivity index (χ2v) is 7.44. The van der Waals surface area contributed by atoms with Gasteiger partial charge in [-0.1, -0.05) is 18.2 Å². The number of rotatable bonds is 5. The van der Waals surface area contributed by atoms with Crippen LogP contribution in [0, 0.1) is 6.92 Å². The molecule has 0 atom stereocenters. The van der Waals surface area contributed by atoms with Crippen molar-refractivity contribution in [1.29, 1.82) is 0 Å². The molecule has 4 rings (SSSR count). The van der Waals surface area contributed by atoms with Gasteiger partial charge in [-0.15, -0.1) is 0 Å². The lowest BCUT2D eigenvalue weighted by Gasteiger charge is -2.13. The van der Waals surface area contributed by atoms with Gasteiger partial charge in [0.05, 0.1) is 11.3 Å². The second-order valence-electron chi connectivity index (χ2n) is 7.44. The molecule has 0 saturated heterocycles. The number of aryl methyl sites for hydroxylation is 1. The molecule has 34 heavy (non-hydrogen) atoms. The van der Waals surface area contributed by atoms with Crippen LogP contribution >= 0.6 is 0 Å². The Labute approximate surface area is 191 Å². The summed E-state index contributed by atoms with van der Waals surface area (Å²) >= 11 is 0. The van der Waals surface area contributed by atoms with E-state index in [-0.39, 0.29) is 17.9 Å². The second kappa shape index (κ2) is 9.26. The molecule has 0 saturated carbocycles. The van der Waals surface area contributed by atoms with E-state index in [2.05, 4.69) is 15.6 Å². The smallest absolute Gasteiger partial charge is 0.416 e. The number of alkyl halides is 3. The number of nitrogens with one attached hydrogen (secondary N) is 2. The van der Waals surface area contributed by atoms with Gasteiger partial charge in [0, 0.05) is 29.7 Å². The van der Waals surface area contributed by atoms with Gasteiger partial charge in [-0.25, -0.2) is 9.78 Å². The SMILES string of the molecule is Cc1ccc(NC(=O)Nc2cccc(C(F)(F)F)c2)cc1OCc1cc(=O)n2ccccc2n1. The zero-order valence-electron chi connectivity index (χ0n) is 17.9. The summed E-state index contributed by atoms with van der Waals surface area (Å²) in [7, 11) is 0. The molecule has 2 aromatic heterocycles. The van der Waals surface area contributed by atoms with Crippen molar-refractivity contribution in [2.45, 2.75) is 19.7 Å². The van der Waals surface area contributed by atoms with Crippen LogP contribution in [0.1, 0.15) is 16.8 Å². The summed E-state index contributed by atoms with van der Waals surface area (Å²) in [5.74, 6) is 0.451. The minimum Gasteiger partial charge on any atom is -0.487 e. The van der Waals surface area contributed by atoms with E-state index in [1.807, 2.05) is 6.92 Å². The molecule has 10 heteroatoms. The largest absolute Gasteiger partial charge is 0.487 e. The number of anilines is 2. The number of carbonyl (C=O) groups is 1. The third kappa shape index (κ3) is 5.34. The molecule has 0 aliphatic carbocycles. The van der Waals surface area contributed by atoms with Crippen LogP contribution in [0.2, 0.25) is 0 Å². The van der Waals surface area contributed by atoms with E-state index in [1.165, 1.54) is 22.6 Å². The number of nitrogens with zero attached hydrogens (tertiary/aromatic N) is 2. The number of pyridine rings is 1. The van der Waals surface area contributed by atoms with Crippen molar-refractivity contribution in [2.24, 2.45) is 0 Å². The maximum atomic E-state index is 12.9. The fourth-order valence-electron chi connectivity index (χ4n) is 3.23. The topological polar surface area (TPSA) is 84.7 Å². The fourth-order valence-corrected chi connectivity index (χ4v) is 3.23. The first-order chi connectivity index (χ1) is 16.2. The predicted molar refractivity (Wildman–Crippen MR) is 121 cm³/mol. The Hall–Kier alpha value is -4.34. The van der Waals surface area contributed by atoms with Crippen LogP contribution < -0.4 is 20.9 Å². The zero-order valence-corrected chi connectivity index (χ0v) is 17.9. The first-order valence-electron chi connectivity index (χ1n) is 10.1.